The number of H-pyrrole nitrogens is 2. The molecule has 1 heterocycles. The predicted octanol–water partition coefficient (Wildman–Crippen LogP) is 0.800. The van der Waals surface area contributed by atoms with Crippen LogP contribution in [-0.4, -0.2) is 26.9 Å². The van der Waals surface area contributed by atoms with E-state index in [1.807, 2.05) is 0 Å². The summed E-state index contributed by atoms with van der Waals surface area (Å²) in [5, 5.41) is 18.7. The largest absolute Gasteiger partial charge is 0.507 e. The fourth-order valence-electron chi connectivity index (χ4n) is 1.87. The van der Waals surface area contributed by atoms with E-state index in [0.717, 1.165) is 0 Å². The first-order valence-electron chi connectivity index (χ1n) is 6.36. The van der Waals surface area contributed by atoms with Crippen LogP contribution >= 0.6 is 0 Å². The van der Waals surface area contributed by atoms with Crippen molar-refractivity contribution in [2.75, 3.05) is 0 Å². The Morgan fingerprint density at radius 1 is 1.33 bits per heavy atom. The zero-order chi connectivity index (χ0) is 15.4. The second kappa shape index (κ2) is 6.08. The number of hydrazone groups is 1. The third-order valence-corrected chi connectivity index (χ3v) is 3.07. The Kier molecular flexibility index (Phi) is 4.22. The molecule has 2 aromatic rings. The molecule has 0 aliphatic carbocycles. The lowest BCUT2D eigenvalue weighted by Crippen LogP contribution is -2.24. The molecule has 1 amide bonds. The van der Waals surface area contributed by atoms with Gasteiger partial charge in [-0.05, 0) is 26.0 Å². The molecule has 0 saturated heterocycles. The summed E-state index contributed by atoms with van der Waals surface area (Å²) in [6, 6.07) is 6.70. The highest BCUT2D eigenvalue weighted by atomic mass is 16.3. The second-order valence-corrected chi connectivity index (χ2v) is 4.61. The minimum Gasteiger partial charge on any atom is -0.507 e. The number of benzene rings is 1. The average molecular weight is 288 g/mol. The van der Waals surface area contributed by atoms with Crippen LogP contribution in [0.5, 0.6) is 5.75 Å². The molecule has 0 bridgehead atoms. The summed E-state index contributed by atoms with van der Waals surface area (Å²) in [5.74, 6) is -0.316. The summed E-state index contributed by atoms with van der Waals surface area (Å²) in [6.07, 6.45) is -0.0672. The Morgan fingerprint density at radius 2 is 2.05 bits per heavy atom. The van der Waals surface area contributed by atoms with E-state index in [0.29, 0.717) is 22.5 Å². The van der Waals surface area contributed by atoms with Gasteiger partial charge in [0.05, 0.1) is 12.1 Å². The van der Waals surface area contributed by atoms with Crippen LogP contribution in [0, 0.1) is 6.92 Å². The molecule has 0 radical (unpaired) electrons. The fraction of sp³-hybridized carbons (Fsp3) is 0.214. The number of hydrogen-bond acceptors (Lipinski definition) is 4. The minimum absolute atomic E-state index is 0.0672. The quantitative estimate of drug-likeness (QED) is 0.493. The van der Waals surface area contributed by atoms with Crippen molar-refractivity contribution in [3.8, 4) is 5.75 Å². The highest BCUT2D eigenvalue weighted by molar-refractivity contribution is 6.01. The summed E-state index contributed by atoms with van der Waals surface area (Å²) in [7, 11) is 0. The molecule has 0 spiro atoms. The van der Waals surface area contributed by atoms with E-state index < -0.39 is 5.91 Å². The van der Waals surface area contributed by atoms with Crippen LogP contribution in [0.4, 0.5) is 0 Å². The third-order valence-electron chi connectivity index (χ3n) is 3.07. The zero-order valence-corrected chi connectivity index (χ0v) is 11.7. The normalized spacial score (nSPS) is 11.4. The van der Waals surface area contributed by atoms with Crippen LogP contribution in [0.3, 0.4) is 0 Å². The standard InChI is InChI=1S/C14H16N4O3/c1-8(10-5-3-4-6-12(10)19)15-17-13(20)7-11-9(2)16-18-14(11)21/h3-6,19H,7H2,1-2H3,(H,17,20)(H2,16,18,21)/b15-8+. The maximum absolute atomic E-state index is 11.8. The van der Waals surface area contributed by atoms with Gasteiger partial charge in [0.1, 0.15) is 5.75 Å². The van der Waals surface area contributed by atoms with Gasteiger partial charge in [-0.25, -0.2) is 5.43 Å². The highest BCUT2D eigenvalue weighted by Crippen LogP contribution is 2.16. The van der Waals surface area contributed by atoms with Crippen LogP contribution in [0.1, 0.15) is 23.7 Å². The Hall–Kier alpha value is -2.83. The van der Waals surface area contributed by atoms with E-state index in [-0.39, 0.29) is 17.7 Å². The number of nitrogens with zero attached hydrogens (tertiary/aromatic N) is 1. The number of aromatic amines is 2. The summed E-state index contributed by atoms with van der Waals surface area (Å²) < 4.78 is 0. The number of hydrogen-bond donors (Lipinski definition) is 4. The van der Waals surface area contributed by atoms with Crippen LogP contribution in [-0.2, 0) is 11.2 Å². The van der Waals surface area contributed by atoms with E-state index in [2.05, 4.69) is 20.7 Å². The number of aromatic nitrogens is 2. The maximum atomic E-state index is 11.8. The number of rotatable bonds is 4. The molecular formula is C14H16N4O3. The van der Waals surface area contributed by atoms with Crippen LogP contribution < -0.4 is 11.0 Å². The van der Waals surface area contributed by atoms with Crippen molar-refractivity contribution in [3.05, 3.63) is 51.4 Å². The predicted molar refractivity (Wildman–Crippen MR) is 78.3 cm³/mol. The molecule has 1 aromatic heterocycles. The van der Waals surface area contributed by atoms with E-state index in [1.165, 1.54) is 0 Å². The van der Waals surface area contributed by atoms with Crippen molar-refractivity contribution < 1.29 is 9.90 Å². The van der Waals surface area contributed by atoms with Gasteiger partial charge in [-0.1, -0.05) is 12.1 Å². The van der Waals surface area contributed by atoms with Gasteiger partial charge in [0.15, 0.2) is 0 Å². The minimum atomic E-state index is -0.405. The molecule has 0 saturated carbocycles. The molecule has 21 heavy (non-hydrogen) atoms. The molecule has 7 heteroatoms. The van der Waals surface area contributed by atoms with Crippen molar-refractivity contribution in [2.45, 2.75) is 20.3 Å². The van der Waals surface area contributed by atoms with Crippen molar-refractivity contribution in [1.29, 1.82) is 0 Å². The Balaban J connectivity index is 2.06. The van der Waals surface area contributed by atoms with Gasteiger partial charge in [-0.15, -0.1) is 0 Å². The molecule has 1 aromatic carbocycles. The third kappa shape index (κ3) is 3.38. The molecule has 4 N–H and O–H groups in total. The molecule has 0 atom stereocenters. The van der Waals surface area contributed by atoms with Crippen molar-refractivity contribution in [3.63, 3.8) is 0 Å². The summed E-state index contributed by atoms with van der Waals surface area (Å²) in [4.78, 5) is 23.2. The number of phenolic OH excluding ortho intramolecular Hbond substituents is 1. The zero-order valence-electron chi connectivity index (χ0n) is 11.7. The van der Waals surface area contributed by atoms with Crippen molar-refractivity contribution in [1.82, 2.24) is 15.6 Å². The number of para-hydroxylation sites is 1. The Morgan fingerprint density at radius 3 is 2.67 bits per heavy atom. The Bertz CT molecular complexity index is 743. The van der Waals surface area contributed by atoms with E-state index in [9.17, 15) is 14.7 Å². The Labute approximate surface area is 120 Å². The second-order valence-electron chi connectivity index (χ2n) is 4.61. The number of aryl methyl sites for hydroxylation is 1. The van der Waals surface area contributed by atoms with E-state index in [4.69, 9.17) is 0 Å². The lowest BCUT2D eigenvalue weighted by molar-refractivity contribution is -0.120. The average Bonchev–Trinajstić information content (AvgIpc) is 2.77. The SMILES string of the molecule is C/C(=N\NC(=O)Cc1c(C)[nH][nH]c1=O)c1ccccc1O. The first kappa shape index (κ1) is 14.6. The van der Waals surface area contributed by atoms with Gasteiger partial charge in [0.25, 0.3) is 5.56 Å². The molecule has 110 valence electrons. The first-order chi connectivity index (χ1) is 9.99. The van der Waals surface area contributed by atoms with Crippen LogP contribution in [0.15, 0.2) is 34.2 Å². The molecule has 0 aliphatic heterocycles. The summed E-state index contributed by atoms with van der Waals surface area (Å²) in [5.41, 5.74) is 4.06. The number of phenols is 1. The van der Waals surface area contributed by atoms with E-state index in [1.54, 1.807) is 38.1 Å². The van der Waals surface area contributed by atoms with Gasteiger partial charge in [-0.3, -0.25) is 14.7 Å². The number of carbonyl (C=O) groups is 1. The summed E-state index contributed by atoms with van der Waals surface area (Å²) >= 11 is 0. The fourth-order valence-corrected chi connectivity index (χ4v) is 1.87. The topological polar surface area (TPSA) is 110 Å². The van der Waals surface area contributed by atoms with Crippen LogP contribution in [0.25, 0.3) is 0 Å². The smallest absolute Gasteiger partial charge is 0.267 e. The molecule has 0 aliphatic rings. The number of carbonyl (C=O) groups excluding carboxylic acids is 1. The molecule has 0 fully saturated rings. The van der Waals surface area contributed by atoms with Gasteiger partial charge in [0, 0.05) is 16.8 Å². The van der Waals surface area contributed by atoms with Crippen LogP contribution in [0.2, 0.25) is 0 Å². The van der Waals surface area contributed by atoms with Gasteiger partial charge in [0.2, 0.25) is 5.91 Å². The lowest BCUT2D eigenvalue weighted by Gasteiger charge is -2.04. The number of aromatic hydroxyl groups is 1. The lowest BCUT2D eigenvalue weighted by atomic mass is 10.1. The van der Waals surface area contributed by atoms with Gasteiger partial charge < -0.3 is 10.2 Å². The van der Waals surface area contributed by atoms with Gasteiger partial charge >= 0.3 is 0 Å². The first-order valence-corrected chi connectivity index (χ1v) is 6.36. The van der Waals surface area contributed by atoms with Crippen molar-refractivity contribution >= 4 is 11.6 Å². The molecule has 2 rings (SSSR count). The van der Waals surface area contributed by atoms with Gasteiger partial charge in [-0.2, -0.15) is 5.10 Å². The number of amides is 1. The molecule has 7 nitrogen and oxygen atoms in total. The number of nitrogens with one attached hydrogen (secondary N) is 3. The van der Waals surface area contributed by atoms with Crippen molar-refractivity contribution in [2.24, 2.45) is 5.10 Å². The molecular weight excluding hydrogens is 272 g/mol. The molecule has 0 unspecified atom stereocenters. The highest BCUT2D eigenvalue weighted by Gasteiger charge is 2.11. The summed E-state index contributed by atoms with van der Waals surface area (Å²) in [6.45, 7) is 3.38. The maximum Gasteiger partial charge on any atom is 0.267 e. The monoisotopic (exact) mass is 288 g/mol. The van der Waals surface area contributed by atoms with E-state index >= 15 is 0 Å².